The van der Waals surface area contributed by atoms with Gasteiger partial charge in [0.1, 0.15) is 0 Å². The molecule has 0 amide bonds. The molecule has 0 spiro atoms. The summed E-state index contributed by atoms with van der Waals surface area (Å²) in [5.74, 6) is 1.79. The third kappa shape index (κ3) is 2.05. The van der Waals surface area contributed by atoms with Crippen LogP contribution in [0, 0.1) is 11.8 Å². The average Bonchev–Trinajstić information content (AvgIpc) is 2.58. The number of rotatable bonds is 3. The van der Waals surface area contributed by atoms with Gasteiger partial charge < -0.3 is 10.4 Å². The minimum absolute atomic E-state index is 0.369. The van der Waals surface area contributed by atoms with Crippen molar-refractivity contribution >= 4 is 0 Å². The van der Waals surface area contributed by atoms with E-state index in [0.29, 0.717) is 6.61 Å². The molecule has 76 valence electrons. The molecule has 2 fully saturated rings. The first kappa shape index (κ1) is 9.47. The van der Waals surface area contributed by atoms with E-state index in [9.17, 15) is 0 Å². The van der Waals surface area contributed by atoms with Crippen molar-refractivity contribution in [1.82, 2.24) is 5.32 Å². The molecule has 1 saturated carbocycles. The summed E-state index contributed by atoms with van der Waals surface area (Å²) in [5, 5.41) is 12.4. The zero-order valence-corrected chi connectivity index (χ0v) is 8.34. The van der Waals surface area contributed by atoms with Crippen molar-refractivity contribution in [2.24, 2.45) is 11.8 Å². The molecule has 2 unspecified atom stereocenters. The molecule has 1 saturated heterocycles. The standard InChI is InChI=1S/C11H21NO/c13-7-3-4-9-8-12-11-6-2-1-5-10(9)11/h9-13H,1-8H2/t9-,10?,11?/m0/s1. The molecule has 2 aliphatic rings. The smallest absolute Gasteiger partial charge is 0.0431 e. The van der Waals surface area contributed by atoms with E-state index in [1.807, 2.05) is 0 Å². The lowest BCUT2D eigenvalue weighted by Gasteiger charge is -2.28. The van der Waals surface area contributed by atoms with Crippen molar-refractivity contribution < 1.29 is 5.11 Å². The SMILES string of the molecule is OCCC[C@H]1CNC2CCCCC21. The Morgan fingerprint density at radius 1 is 1.23 bits per heavy atom. The zero-order valence-electron chi connectivity index (χ0n) is 8.34. The van der Waals surface area contributed by atoms with Crippen molar-refractivity contribution in [2.75, 3.05) is 13.2 Å². The van der Waals surface area contributed by atoms with Crippen LogP contribution in [0.25, 0.3) is 0 Å². The quantitative estimate of drug-likeness (QED) is 0.695. The highest BCUT2D eigenvalue weighted by atomic mass is 16.2. The highest BCUT2D eigenvalue weighted by Crippen LogP contribution is 2.36. The Bertz CT molecular complexity index is 160. The van der Waals surface area contributed by atoms with Gasteiger partial charge in [0.25, 0.3) is 0 Å². The first-order chi connectivity index (χ1) is 6.42. The first-order valence-corrected chi connectivity index (χ1v) is 5.76. The largest absolute Gasteiger partial charge is 0.396 e. The molecule has 0 aromatic rings. The van der Waals surface area contributed by atoms with Crippen LogP contribution >= 0.6 is 0 Å². The Kier molecular flexibility index (Phi) is 3.23. The number of hydrogen-bond acceptors (Lipinski definition) is 2. The number of nitrogens with one attached hydrogen (secondary N) is 1. The topological polar surface area (TPSA) is 32.3 Å². The highest BCUT2D eigenvalue weighted by molar-refractivity contribution is 4.92. The van der Waals surface area contributed by atoms with Crippen LogP contribution in [0.5, 0.6) is 0 Å². The van der Waals surface area contributed by atoms with Crippen LogP contribution in [0.4, 0.5) is 0 Å². The van der Waals surface area contributed by atoms with Crippen molar-refractivity contribution in [3.63, 3.8) is 0 Å². The Morgan fingerprint density at radius 3 is 2.92 bits per heavy atom. The number of hydrogen-bond donors (Lipinski definition) is 2. The molecule has 1 aliphatic carbocycles. The van der Waals surface area contributed by atoms with Crippen LogP contribution in [0.2, 0.25) is 0 Å². The van der Waals surface area contributed by atoms with Crippen LogP contribution in [0.1, 0.15) is 38.5 Å². The maximum absolute atomic E-state index is 8.80. The first-order valence-electron chi connectivity index (χ1n) is 5.76. The second-order valence-electron chi connectivity index (χ2n) is 4.59. The summed E-state index contributed by atoms with van der Waals surface area (Å²) in [6, 6.07) is 0.817. The van der Waals surface area contributed by atoms with Crippen LogP contribution < -0.4 is 5.32 Å². The third-order valence-corrected chi connectivity index (χ3v) is 3.80. The Morgan fingerprint density at radius 2 is 2.08 bits per heavy atom. The summed E-state index contributed by atoms with van der Waals surface area (Å²) in [6.07, 6.45) is 7.88. The molecule has 0 aromatic carbocycles. The lowest BCUT2D eigenvalue weighted by Crippen LogP contribution is -2.30. The molecule has 0 radical (unpaired) electrons. The van der Waals surface area contributed by atoms with Crippen LogP contribution in [0.3, 0.4) is 0 Å². The molecule has 2 N–H and O–H groups in total. The van der Waals surface area contributed by atoms with E-state index in [1.165, 1.54) is 38.6 Å². The van der Waals surface area contributed by atoms with Crippen LogP contribution in [-0.2, 0) is 0 Å². The van der Waals surface area contributed by atoms with Gasteiger partial charge in [-0.3, -0.25) is 0 Å². The molecule has 1 aliphatic heterocycles. The van der Waals surface area contributed by atoms with Gasteiger partial charge in [-0.25, -0.2) is 0 Å². The second kappa shape index (κ2) is 4.43. The molecule has 2 nitrogen and oxygen atoms in total. The molecule has 3 atom stereocenters. The number of aliphatic hydroxyl groups is 1. The van der Waals surface area contributed by atoms with Gasteiger partial charge in [-0.15, -0.1) is 0 Å². The molecule has 13 heavy (non-hydrogen) atoms. The van der Waals surface area contributed by atoms with E-state index in [0.717, 1.165) is 24.3 Å². The Labute approximate surface area is 80.7 Å². The lowest BCUT2D eigenvalue weighted by atomic mass is 9.78. The van der Waals surface area contributed by atoms with Gasteiger partial charge in [-0.05, 0) is 44.1 Å². The van der Waals surface area contributed by atoms with E-state index >= 15 is 0 Å². The molecule has 0 aromatic heterocycles. The van der Waals surface area contributed by atoms with Crippen molar-refractivity contribution in [3.05, 3.63) is 0 Å². The monoisotopic (exact) mass is 183 g/mol. The molecule has 2 heteroatoms. The summed E-state index contributed by atoms with van der Waals surface area (Å²) in [7, 11) is 0. The van der Waals surface area contributed by atoms with E-state index in [1.54, 1.807) is 0 Å². The Hall–Kier alpha value is -0.0800. The van der Waals surface area contributed by atoms with Gasteiger partial charge in [-0.2, -0.15) is 0 Å². The normalized spacial score (nSPS) is 39.0. The zero-order chi connectivity index (χ0) is 9.10. The van der Waals surface area contributed by atoms with E-state index in [2.05, 4.69) is 5.32 Å². The van der Waals surface area contributed by atoms with Crippen LogP contribution in [0.15, 0.2) is 0 Å². The Balaban J connectivity index is 1.84. The lowest BCUT2D eigenvalue weighted by molar-refractivity contribution is 0.234. The van der Waals surface area contributed by atoms with E-state index in [4.69, 9.17) is 5.11 Å². The van der Waals surface area contributed by atoms with Crippen LogP contribution in [-0.4, -0.2) is 24.3 Å². The van der Waals surface area contributed by atoms with Gasteiger partial charge in [0.2, 0.25) is 0 Å². The third-order valence-electron chi connectivity index (χ3n) is 3.80. The van der Waals surface area contributed by atoms with Gasteiger partial charge >= 0.3 is 0 Å². The predicted molar refractivity (Wildman–Crippen MR) is 53.6 cm³/mol. The minimum Gasteiger partial charge on any atom is -0.396 e. The summed E-state index contributed by atoms with van der Waals surface area (Å²) in [6.45, 7) is 1.57. The predicted octanol–water partition coefficient (Wildman–Crippen LogP) is 1.54. The summed E-state index contributed by atoms with van der Waals surface area (Å²) >= 11 is 0. The fraction of sp³-hybridized carbons (Fsp3) is 1.00. The number of aliphatic hydroxyl groups excluding tert-OH is 1. The molecular formula is C11H21NO. The molecule has 1 heterocycles. The fourth-order valence-corrected chi connectivity index (χ4v) is 3.10. The molecular weight excluding hydrogens is 162 g/mol. The highest BCUT2D eigenvalue weighted by Gasteiger charge is 2.36. The van der Waals surface area contributed by atoms with E-state index in [-0.39, 0.29) is 0 Å². The number of fused-ring (bicyclic) bond motifs is 1. The van der Waals surface area contributed by atoms with Gasteiger partial charge in [0.15, 0.2) is 0 Å². The average molecular weight is 183 g/mol. The van der Waals surface area contributed by atoms with Gasteiger partial charge in [0, 0.05) is 12.6 Å². The minimum atomic E-state index is 0.369. The van der Waals surface area contributed by atoms with Crippen molar-refractivity contribution in [1.29, 1.82) is 0 Å². The fourth-order valence-electron chi connectivity index (χ4n) is 3.10. The maximum atomic E-state index is 8.80. The van der Waals surface area contributed by atoms with Crippen molar-refractivity contribution in [3.8, 4) is 0 Å². The molecule has 0 bridgehead atoms. The molecule has 2 rings (SSSR count). The summed E-state index contributed by atoms with van der Waals surface area (Å²) in [5.41, 5.74) is 0. The van der Waals surface area contributed by atoms with Crippen molar-refractivity contribution in [2.45, 2.75) is 44.6 Å². The summed E-state index contributed by atoms with van der Waals surface area (Å²) in [4.78, 5) is 0. The van der Waals surface area contributed by atoms with Gasteiger partial charge in [0.05, 0.1) is 0 Å². The van der Waals surface area contributed by atoms with Gasteiger partial charge in [-0.1, -0.05) is 12.8 Å². The second-order valence-corrected chi connectivity index (χ2v) is 4.59. The summed E-state index contributed by atoms with van der Waals surface area (Å²) < 4.78 is 0. The maximum Gasteiger partial charge on any atom is 0.0431 e. The van der Waals surface area contributed by atoms with E-state index < -0.39 is 0 Å².